The van der Waals surface area contributed by atoms with Gasteiger partial charge in [0.05, 0.1) is 6.61 Å². The van der Waals surface area contributed by atoms with E-state index in [4.69, 9.17) is 10.5 Å². The topological polar surface area (TPSA) is 35.2 Å². The molecule has 17 heavy (non-hydrogen) atoms. The van der Waals surface area contributed by atoms with E-state index in [0.717, 1.165) is 30.3 Å². The van der Waals surface area contributed by atoms with E-state index in [1.54, 1.807) is 12.1 Å². The number of rotatable bonds is 5. The van der Waals surface area contributed by atoms with Crippen molar-refractivity contribution in [2.75, 3.05) is 13.2 Å². The molecule has 0 bridgehead atoms. The van der Waals surface area contributed by atoms with E-state index in [-0.39, 0.29) is 5.82 Å². The zero-order valence-electron chi connectivity index (χ0n) is 9.86. The van der Waals surface area contributed by atoms with E-state index in [9.17, 15) is 4.39 Å². The molecule has 2 saturated carbocycles. The fraction of sp³-hybridized carbons (Fsp3) is 0.571. The maximum Gasteiger partial charge on any atom is 0.123 e. The Balaban J connectivity index is 1.75. The molecular weight excluding hydrogens is 217 g/mol. The Morgan fingerprint density at radius 1 is 1.35 bits per heavy atom. The molecule has 2 nitrogen and oxygen atoms in total. The van der Waals surface area contributed by atoms with Crippen molar-refractivity contribution in [1.82, 2.24) is 0 Å². The number of halogens is 1. The number of nitrogens with two attached hydrogens (primary N) is 1. The second kappa shape index (κ2) is 4.30. The first-order valence-corrected chi connectivity index (χ1v) is 6.40. The van der Waals surface area contributed by atoms with Crippen molar-refractivity contribution in [2.24, 2.45) is 17.6 Å². The van der Waals surface area contributed by atoms with Crippen LogP contribution in [0.15, 0.2) is 18.2 Å². The predicted molar refractivity (Wildman–Crippen MR) is 64.5 cm³/mol. The van der Waals surface area contributed by atoms with Gasteiger partial charge in [0, 0.05) is 5.56 Å². The van der Waals surface area contributed by atoms with E-state index in [2.05, 4.69) is 0 Å². The summed E-state index contributed by atoms with van der Waals surface area (Å²) >= 11 is 0. The minimum absolute atomic E-state index is 0.179. The Morgan fingerprint density at radius 3 is 2.82 bits per heavy atom. The van der Waals surface area contributed by atoms with E-state index in [1.165, 1.54) is 18.9 Å². The monoisotopic (exact) mass is 235 g/mol. The molecule has 2 aliphatic rings. The van der Waals surface area contributed by atoms with Crippen molar-refractivity contribution in [3.8, 4) is 5.75 Å². The quantitative estimate of drug-likeness (QED) is 0.851. The summed E-state index contributed by atoms with van der Waals surface area (Å²) in [5.41, 5.74) is 6.66. The van der Waals surface area contributed by atoms with Crippen LogP contribution in [0.3, 0.4) is 0 Å². The van der Waals surface area contributed by atoms with Crippen LogP contribution >= 0.6 is 0 Å². The number of hydrogen-bond donors (Lipinski definition) is 1. The van der Waals surface area contributed by atoms with E-state index in [1.807, 2.05) is 0 Å². The molecular formula is C14H18FNO. The highest BCUT2D eigenvalue weighted by Crippen LogP contribution is 2.50. The highest BCUT2D eigenvalue weighted by atomic mass is 19.1. The first-order valence-electron chi connectivity index (χ1n) is 6.40. The highest BCUT2D eigenvalue weighted by molar-refractivity contribution is 5.40. The van der Waals surface area contributed by atoms with E-state index >= 15 is 0 Å². The van der Waals surface area contributed by atoms with Gasteiger partial charge in [-0.3, -0.25) is 0 Å². The fourth-order valence-electron chi connectivity index (χ4n) is 2.32. The van der Waals surface area contributed by atoms with Gasteiger partial charge in [-0.1, -0.05) is 0 Å². The maximum absolute atomic E-state index is 13.3. The Bertz CT molecular complexity index is 417. The average molecular weight is 235 g/mol. The molecule has 0 unspecified atom stereocenters. The molecule has 1 aromatic carbocycles. The Hall–Kier alpha value is -1.09. The van der Waals surface area contributed by atoms with Gasteiger partial charge in [-0.2, -0.15) is 0 Å². The van der Waals surface area contributed by atoms with Gasteiger partial charge >= 0.3 is 0 Å². The Kier molecular flexibility index (Phi) is 2.79. The Morgan fingerprint density at radius 2 is 2.18 bits per heavy atom. The van der Waals surface area contributed by atoms with Gasteiger partial charge in [-0.05, 0) is 61.8 Å². The molecule has 0 radical (unpaired) electrons. The van der Waals surface area contributed by atoms with Crippen molar-refractivity contribution in [1.29, 1.82) is 0 Å². The first-order chi connectivity index (χ1) is 8.28. The summed E-state index contributed by atoms with van der Waals surface area (Å²) in [6.45, 7) is 1.46. The molecule has 1 aromatic rings. The van der Waals surface area contributed by atoms with Crippen LogP contribution in [0.2, 0.25) is 0 Å². The van der Waals surface area contributed by atoms with Gasteiger partial charge in [0.2, 0.25) is 0 Å². The van der Waals surface area contributed by atoms with Gasteiger partial charge in [-0.25, -0.2) is 4.39 Å². The van der Waals surface area contributed by atoms with Crippen LogP contribution in [0.5, 0.6) is 5.75 Å². The average Bonchev–Trinajstić information content (AvgIpc) is 3.21. The molecule has 0 heterocycles. The van der Waals surface area contributed by atoms with Crippen LogP contribution in [-0.4, -0.2) is 13.2 Å². The summed E-state index contributed by atoms with van der Waals surface area (Å²) in [4.78, 5) is 0. The summed E-state index contributed by atoms with van der Waals surface area (Å²) < 4.78 is 19.1. The molecule has 2 fully saturated rings. The van der Waals surface area contributed by atoms with Crippen molar-refractivity contribution >= 4 is 0 Å². The molecule has 0 aliphatic heterocycles. The normalized spacial score (nSPS) is 26.9. The fourth-order valence-corrected chi connectivity index (χ4v) is 2.32. The molecule has 92 valence electrons. The van der Waals surface area contributed by atoms with Crippen LogP contribution in [-0.2, 0) is 0 Å². The van der Waals surface area contributed by atoms with Crippen LogP contribution in [0, 0.1) is 17.7 Å². The third kappa shape index (κ3) is 2.44. The van der Waals surface area contributed by atoms with E-state index < -0.39 is 0 Å². The second-order valence-electron chi connectivity index (χ2n) is 5.27. The summed E-state index contributed by atoms with van der Waals surface area (Å²) in [7, 11) is 0. The standard InChI is InChI=1S/C14H18FNO/c15-11-3-4-14(17-8-9-1-2-9)13(6-11)12-5-10(12)7-16/h3-4,6,9-10,12H,1-2,5,7-8,16H2/t10-,12+/m0/s1. The summed E-state index contributed by atoms with van der Waals surface area (Å²) in [6, 6.07) is 4.85. The molecule has 2 aliphatic carbocycles. The van der Waals surface area contributed by atoms with Gasteiger partial charge in [0.15, 0.2) is 0 Å². The molecule has 2 N–H and O–H groups in total. The number of hydrogen-bond acceptors (Lipinski definition) is 2. The van der Waals surface area contributed by atoms with Gasteiger partial charge in [0.1, 0.15) is 11.6 Å². The lowest BCUT2D eigenvalue weighted by atomic mass is 10.1. The molecule has 0 saturated heterocycles. The maximum atomic E-state index is 13.3. The zero-order valence-corrected chi connectivity index (χ0v) is 9.86. The third-order valence-corrected chi connectivity index (χ3v) is 3.77. The van der Waals surface area contributed by atoms with Crippen LogP contribution in [0.1, 0.15) is 30.7 Å². The number of benzene rings is 1. The van der Waals surface area contributed by atoms with Crippen LogP contribution < -0.4 is 10.5 Å². The van der Waals surface area contributed by atoms with Gasteiger partial charge in [-0.15, -0.1) is 0 Å². The van der Waals surface area contributed by atoms with Crippen LogP contribution in [0.4, 0.5) is 4.39 Å². The van der Waals surface area contributed by atoms with Gasteiger partial charge < -0.3 is 10.5 Å². The van der Waals surface area contributed by atoms with Crippen molar-refractivity contribution < 1.29 is 9.13 Å². The SMILES string of the molecule is NC[C@@H]1C[C@H]1c1cc(F)ccc1OCC1CC1. The first kappa shape index (κ1) is 11.0. The summed E-state index contributed by atoms with van der Waals surface area (Å²) in [5, 5.41) is 0. The predicted octanol–water partition coefficient (Wildman–Crippen LogP) is 2.68. The zero-order chi connectivity index (χ0) is 11.8. The number of ether oxygens (including phenoxy) is 1. The Labute approximate surface area is 101 Å². The summed E-state index contributed by atoms with van der Waals surface area (Å²) in [5.74, 6) is 2.32. The highest BCUT2D eigenvalue weighted by Gasteiger charge is 2.39. The molecule has 3 heteroatoms. The lowest BCUT2D eigenvalue weighted by Crippen LogP contribution is -2.05. The molecule has 2 atom stereocenters. The largest absolute Gasteiger partial charge is 0.493 e. The van der Waals surface area contributed by atoms with Crippen LogP contribution in [0.25, 0.3) is 0 Å². The minimum atomic E-state index is -0.179. The van der Waals surface area contributed by atoms with Crippen molar-refractivity contribution in [3.63, 3.8) is 0 Å². The molecule has 0 aromatic heterocycles. The second-order valence-corrected chi connectivity index (χ2v) is 5.27. The minimum Gasteiger partial charge on any atom is -0.493 e. The molecule has 3 rings (SSSR count). The van der Waals surface area contributed by atoms with Gasteiger partial charge in [0.25, 0.3) is 0 Å². The van der Waals surface area contributed by atoms with Crippen molar-refractivity contribution in [2.45, 2.75) is 25.2 Å². The molecule has 0 amide bonds. The lowest BCUT2D eigenvalue weighted by molar-refractivity contribution is 0.296. The molecule has 0 spiro atoms. The summed E-state index contributed by atoms with van der Waals surface area (Å²) in [6.07, 6.45) is 3.61. The third-order valence-electron chi connectivity index (χ3n) is 3.77. The lowest BCUT2D eigenvalue weighted by Gasteiger charge is -2.11. The van der Waals surface area contributed by atoms with Crippen molar-refractivity contribution in [3.05, 3.63) is 29.6 Å². The smallest absolute Gasteiger partial charge is 0.123 e. The van der Waals surface area contributed by atoms with E-state index in [0.29, 0.717) is 18.4 Å².